The van der Waals surface area contributed by atoms with Crippen molar-refractivity contribution in [1.29, 1.82) is 0 Å². The molecule has 0 aliphatic heterocycles. The second-order valence-corrected chi connectivity index (χ2v) is 7.45. The highest BCUT2D eigenvalue weighted by molar-refractivity contribution is 5.94. The maximum Gasteiger partial charge on any atom is 0.416 e. The predicted molar refractivity (Wildman–Crippen MR) is 117 cm³/mol. The van der Waals surface area contributed by atoms with Crippen LogP contribution >= 0.6 is 0 Å². The molecule has 0 spiro atoms. The fourth-order valence-corrected chi connectivity index (χ4v) is 3.32. The van der Waals surface area contributed by atoms with Crippen LogP contribution in [0.3, 0.4) is 0 Å². The van der Waals surface area contributed by atoms with Crippen molar-refractivity contribution in [3.05, 3.63) is 90.1 Å². The number of carboxylic acids is 1. The molecule has 0 saturated heterocycles. The summed E-state index contributed by atoms with van der Waals surface area (Å²) in [5.74, 6) is -0.124. The van der Waals surface area contributed by atoms with Gasteiger partial charge in [-0.3, -0.25) is 4.79 Å². The summed E-state index contributed by atoms with van der Waals surface area (Å²) < 4.78 is 50.7. The van der Waals surface area contributed by atoms with Gasteiger partial charge in [-0.05, 0) is 72.8 Å². The number of hydrogen-bond donors (Lipinski definition) is 1. The number of alkyl halides is 3. The molecule has 4 aromatic rings. The average Bonchev–Trinajstić information content (AvgIpc) is 3.20. The largest absolute Gasteiger partial charge is 0.486 e. The van der Waals surface area contributed by atoms with Crippen LogP contribution in [0.2, 0.25) is 0 Å². The molecular formula is C25H18F3NO5. The minimum Gasteiger partial charge on any atom is -0.486 e. The average molecular weight is 469 g/mol. The summed E-state index contributed by atoms with van der Waals surface area (Å²) in [6, 6.07) is 17.1. The number of hydrogen-bond acceptors (Lipinski definition) is 4. The third-order valence-corrected chi connectivity index (χ3v) is 5.01. The lowest BCUT2D eigenvalue weighted by Crippen LogP contribution is -2.17. The normalized spacial score (nSPS) is 11.4. The van der Waals surface area contributed by atoms with E-state index in [1.165, 1.54) is 18.2 Å². The molecule has 0 saturated carbocycles. The Bertz CT molecular complexity index is 1330. The minimum atomic E-state index is -4.41. The molecule has 0 unspecified atom stereocenters. The van der Waals surface area contributed by atoms with Gasteiger partial charge < -0.3 is 19.1 Å². The first kappa shape index (κ1) is 22.9. The van der Waals surface area contributed by atoms with Gasteiger partial charge >= 0.3 is 12.1 Å². The van der Waals surface area contributed by atoms with Gasteiger partial charge in [0.2, 0.25) is 0 Å². The number of aromatic nitrogens is 1. The van der Waals surface area contributed by atoms with Crippen molar-refractivity contribution in [2.24, 2.45) is 0 Å². The van der Waals surface area contributed by atoms with Crippen molar-refractivity contribution in [1.82, 2.24) is 4.57 Å². The second-order valence-electron chi connectivity index (χ2n) is 7.45. The molecule has 1 aromatic heterocycles. The molecule has 4 rings (SSSR count). The zero-order valence-corrected chi connectivity index (χ0v) is 17.6. The number of Topliss-reactive ketones (excluding diaryl/α,β-unsaturated/α-hetero) is 1. The molecule has 9 heteroatoms. The van der Waals surface area contributed by atoms with Crippen LogP contribution in [0.15, 0.2) is 79.0 Å². The maximum atomic E-state index is 12.6. The van der Waals surface area contributed by atoms with Gasteiger partial charge in [0.15, 0.2) is 5.78 Å². The van der Waals surface area contributed by atoms with E-state index in [1.54, 1.807) is 53.2 Å². The van der Waals surface area contributed by atoms with Crippen LogP contribution in [0.1, 0.15) is 15.9 Å². The molecule has 34 heavy (non-hydrogen) atoms. The number of carbonyl (C=O) groups excluding carboxylic acids is 1. The van der Waals surface area contributed by atoms with Gasteiger partial charge in [0, 0.05) is 17.1 Å². The quantitative estimate of drug-likeness (QED) is 0.353. The van der Waals surface area contributed by atoms with E-state index in [2.05, 4.69) is 0 Å². The molecule has 0 aliphatic carbocycles. The number of ether oxygens (including phenoxy) is 2. The third-order valence-electron chi connectivity index (χ3n) is 5.01. The number of halogens is 3. The van der Waals surface area contributed by atoms with Gasteiger partial charge in [-0.2, -0.15) is 13.2 Å². The fourth-order valence-electron chi connectivity index (χ4n) is 3.32. The van der Waals surface area contributed by atoms with Crippen LogP contribution in [0, 0.1) is 0 Å². The van der Waals surface area contributed by atoms with E-state index < -0.39 is 17.7 Å². The zero-order valence-electron chi connectivity index (χ0n) is 17.6. The summed E-state index contributed by atoms with van der Waals surface area (Å²) in [5.41, 5.74) is 0.153. The van der Waals surface area contributed by atoms with Crippen LogP contribution < -0.4 is 9.47 Å². The first-order chi connectivity index (χ1) is 16.2. The van der Waals surface area contributed by atoms with Crippen molar-refractivity contribution in [2.75, 3.05) is 6.61 Å². The minimum absolute atomic E-state index is 0.0605. The summed E-state index contributed by atoms with van der Waals surface area (Å²) in [5, 5.41) is 9.80. The summed E-state index contributed by atoms with van der Waals surface area (Å²) in [6.45, 7) is -0.114. The van der Waals surface area contributed by atoms with Crippen molar-refractivity contribution in [3.63, 3.8) is 0 Å². The summed E-state index contributed by atoms with van der Waals surface area (Å²) >= 11 is 0. The number of carbonyl (C=O) groups is 2. The smallest absolute Gasteiger partial charge is 0.416 e. The first-order valence-electron chi connectivity index (χ1n) is 10.1. The number of benzene rings is 3. The molecule has 0 aliphatic rings. The van der Waals surface area contributed by atoms with E-state index in [0.717, 1.165) is 23.0 Å². The molecular weight excluding hydrogens is 451 g/mol. The Balaban J connectivity index is 1.31. The van der Waals surface area contributed by atoms with Crippen molar-refractivity contribution < 1.29 is 37.3 Å². The predicted octanol–water partition coefficient (Wildman–Crippen LogP) is 5.80. The number of nitrogens with zero attached hydrogens (tertiary/aromatic N) is 1. The van der Waals surface area contributed by atoms with Crippen molar-refractivity contribution in [2.45, 2.75) is 12.7 Å². The Kier molecular flexibility index (Phi) is 6.27. The number of fused-ring (bicyclic) bond motifs is 1. The second kappa shape index (κ2) is 9.30. The highest BCUT2D eigenvalue weighted by atomic mass is 19.4. The van der Waals surface area contributed by atoms with Crippen LogP contribution in [0.4, 0.5) is 13.2 Å². The van der Waals surface area contributed by atoms with E-state index >= 15 is 0 Å². The van der Waals surface area contributed by atoms with Gasteiger partial charge in [-0.25, -0.2) is 4.79 Å². The highest BCUT2D eigenvalue weighted by Crippen LogP contribution is 2.31. The molecule has 0 radical (unpaired) electrons. The first-order valence-corrected chi connectivity index (χ1v) is 10.1. The molecule has 1 N–H and O–H groups in total. The molecule has 1 heterocycles. The monoisotopic (exact) mass is 469 g/mol. The van der Waals surface area contributed by atoms with Gasteiger partial charge in [0.25, 0.3) is 0 Å². The zero-order chi connectivity index (χ0) is 24.3. The Morgan fingerprint density at radius 1 is 0.853 bits per heavy atom. The van der Waals surface area contributed by atoms with Crippen molar-refractivity contribution in [3.8, 4) is 17.2 Å². The third kappa shape index (κ3) is 5.37. The molecule has 0 atom stereocenters. The van der Waals surface area contributed by atoms with Gasteiger partial charge in [-0.15, -0.1) is 0 Å². The van der Waals surface area contributed by atoms with Crippen LogP contribution in [-0.4, -0.2) is 28.0 Å². The van der Waals surface area contributed by atoms with E-state index in [-0.39, 0.29) is 30.2 Å². The summed E-state index contributed by atoms with van der Waals surface area (Å²) in [7, 11) is 0. The molecule has 0 amide bonds. The van der Waals surface area contributed by atoms with Gasteiger partial charge in [-0.1, -0.05) is 0 Å². The number of ketones is 1. The maximum absolute atomic E-state index is 12.6. The lowest BCUT2D eigenvalue weighted by atomic mass is 10.1. The van der Waals surface area contributed by atoms with Crippen molar-refractivity contribution >= 4 is 22.7 Å². The molecule has 0 fully saturated rings. The Hall–Kier alpha value is -4.27. The van der Waals surface area contributed by atoms with E-state index in [4.69, 9.17) is 14.6 Å². The lowest BCUT2D eigenvalue weighted by Gasteiger charge is -2.10. The fraction of sp³-hybridized carbons (Fsp3) is 0.120. The van der Waals surface area contributed by atoms with Crippen LogP contribution in [-0.2, 0) is 17.5 Å². The van der Waals surface area contributed by atoms with Gasteiger partial charge in [0.1, 0.15) is 23.9 Å². The topological polar surface area (TPSA) is 77.8 Å². The van der Waals surface area contributed by atoms with Gasteiger partial charge in [0.05, 0.1) is 17.7 Å². The Labute approximate surface area is 191 Å². The van der Waals surface area contributed by atoms with E-state index in [9.17, 15) is 22.8 Å². The molecule has 0 bridgehead atoms. The summed E-state index contributed by atoms with van der Waals surface area (Å²) in [6.07, 6.45) is -2.70. The number of aromatic carboxylic acids is 1. The Morgan fingerprint density at radius 3 is 2.09 bits per heavy atom. The summed E-state index contributed by atoms with van der Waals surface area (Å²) in [4.78, 5) is 23.4. The number of carboxylic acid groups (broad SMARTS) is 1. The molecule has 6 nitrogen and oxygen atoms in total. The van der Waals surface area contributed by atoms with E-state index in [0.29, 0.717) is 11.5 Å². The van der Waals surface area contributed by atoms with Crippen LogP contribution in [0.5, 0.6) is 17.2 Å². The SMILES string of the molecule is O=C(COc1ccc(Oc2ccc(C(F)(F)F)cc2)cc1)Cn1ccc2cc(C(=O)O)ccc21. The molecule has 3 aromatic carbocycles. The molecule has 174 valence electrons. The Morgan fingerprint density at radius 2 is 1.47 bits per heavy atom. The van der Waals surface area contributed by atoms with E-state index in [1.807, 2.05) is 0 Å². The standard InChI is InChI=1S/C25H18F3NO5/c26-25(27,28)18-2-4-21(5-3-18)34-22-8-6-20(7-9-22)33-15-19(30)14-29-12-11-16-13-17(24(31)32)1-10-23(16)29/h1-13H,14-15H2,(H,31,32). The lowest BCUT2D eigenvalue weighted by molar-refractivity contribution is -0.137. The van der Waals surface area contributed by atoms with Crippen LogP contribution in [0.25, 0.3) is 10.9 Å². The number of rotatable bonds is 8. The highest BCUT2D eigenvalue weighted by Gasteiger charge is 2.30.